The van der Waals surface area contributed by atoms with Gasteiger partial charge in [-0.3, -0.25) is 14.5 Å². The number of piperazine rings is 1. The van der Waals surface area contributed by atoms with Gasteiger partial charge in [0, 0.05) is 37.3 Å². The van der Waals surface area contributed by atoms with Gasteiger partial charge in [-0.2, -0.15) is 0 Å². The second-order valence-corrected chi connectivity index (χ2v) is 9.56. The highest BCUT2D eigenvalue weighted by Crippen LogP contribution is 2.29. The zero-order valence-electron chi connectivity index (χ0n) is 21.1. The van der Waals surface area contributed by atoms with Gasteiger partial charge in [-0.05, 0) is 83.3 Å². The molecule has 1 saturated heterocycles. The van der Waals surface area contributed by atoms with Crippen LogP contribution in [0.25, 0.3) is 10.9 Å². The number of aromatic nitrogens is 5. The predicted octanol–water partition coefficient (Wildman–Crippen LogP) is 2.91. The van der Waals surface area contributed by atoms with Crippen LogP contribution in [0.4, 0.5) is 0 Å². The molecule has 1 aromatic carbocycles. The van der Waals surface area contributed by atoms with Crippen LogP contribution in [-0.2, 0) is 6.54 Å². The molecule has 1 aliphatic heterocycles. The molecular formula is C27H27N7O4. The summed E-state index contributed by atoms with van der Waals surface area (Å²) < 4.78 is 12.5. The first kappa shape index (κ1) is 23.9. The molecule has 1 atom stereocenters. The highest BCUT2D eigenvalue weighted by atomic mass is 16.3. The molecule has 0 bridgehead atoms. The third-order valence-electron chi connectivity index (χ3n) is 7.17. The van der Waals surface area contributed by atoms with Crippen LogP contribution in [0.5, 0.6) is 0 Å². The van der Waals surface area contributed by atoms with Gasteiger partial charge < -0.3 is 18.7 Å². The molecule has 1 fully saturated rings. The van der Waals surface area contributed by atoms with Crippen molar-refractivity contribution in [2.75, 3.05) is 26.2 Å². The number of rotatable bonds is 6. The van der Waals surface area contributed by atoms with Gasteiger partial charge in [-0.25, -0.2) is 4.68 Å². The van der Waals surface area contributed by atoms with E-state index in [1.165, 1.54) is 6.26 Å². The van der Waals surface area contributed by atoms with Crippen molar-refractivity contribution in [1.29, 1.82) is 0 Å². The normalized spacial score (nSPS) is 15.3. The number of pyridine rings is 1. The maximum absolute atomic E-state index is 13.5. The number of amides is 1. The second-order valence-electron chi connectivity index (χ2n) is 9.56. The Labute approximate surface area is 217 Å². The lowest BCUT2D eigenvalue weighted by atomic mass is 10.00. The SMILES string of the molecule is Cc1cc2cc(C(c3nnnn3Cc3ccco3)N3CCN(C(=O)c4ccco4)CC3)c(=O)[nH]c2cc1C. The number of carbonyl (C=O) groups is 1. The van der Waals surface area contributed by atoms with Gasteiger partial charge in [-0.1, -0.05) is 0 Å². The Hall–Kier alpha value is -4.51. The highest BCUT2D eigenvalue weighted by molar-refractivity contribution is 5.91. The fourth-order valence-corrected chi connectivity index (χ4v) is 5.01. The number of H-pyrrole nitrogens is 1. The third-order valence-corrected chi connectivity index (χ3v) is 7.17. The van der Waals surface area contributed by atoms with E-state index in [4.69, 9.17) is 8.83 Å². The first-order chi connectivity index (χ1) is 18.5. The lowest BCUT2D eigenvalue weighted by molar-refractivity contribution is 0.0558. The average Bonchev–Trinajstić information content (AvgIpc) is 3.70. The fourth-order valence-electron chi connectivity index (χ4n) is 5.01. The number of aryl methyl sites for hydroxylation is 2. The number of tetrazole rings is 1. The zero-order valence-corrected chi connectivity index (χ0v) is 21.1. The first-order valence-corrected chi connectivity index (χ1v) is 12.5. The van der Waals surface area contributed by atoms with E-state index in [1.807, 2.05) is 31.2 Å². The number of nitrogens with zero attached hydrogens (tertiary/aromatic N) is 6. The Morgan fingerprint density at radius 3 is 2.53 bits per heavy atom. The summed E-state index contributed by atoms with van der Waals surface area (Å²) in [5.74, 6) is 1.39. The number of fused-ring (bicyclic) bond motifs is 1. The number of benzene rings is 1. The zero-order chi connectivity index (χ0) is 26.2. The maximum Gasteiger partial charge on any atom is 0.289 e. The molecule has 0 spiro atoms. The van der Waals surface area contributed by atoms with E-state index in [-0.39, 0.29) is 11.5 Å². The average molecular weight is 514 g/mol. The molecule has 1 N–H and O–H groups in total. The minimum absolute atomic E-state index is 0.150. The summed E-state index contributed by atoms with van der Waals surface area (Å²) >= 11 is 0. The lowest BCUT2D eigenvalue weighted by Crippen LogP contribution is -2.50. The molecule has 5 aromatic rings. The number of aromatic amines is 1. The van der Waals surface area contributed by atoms with Gasteiger partial charge in [0.15, 0.2) is 11.6 Å². The van der Waals surface area contributed by atoms with E-state index < -0.39 is 6.04 Å². The van der Waals surface area contributed by atoms with Gasteiger partial charge in [0.1, 0.15) is 18.3 Å². The van der Waals surface area contributed by atoms with Gasteiger partial charge in [0.05, 0.1) is 12.5 Å². The summed E-state index contributed by atoms with van der Waals surface area (Å²) in [7, 11) is 0. The summed E-state index contributed by atoms with van der Waals surface area (Å²) in [6, 6.07) is 12.5. The number of hydrogen-bond acceptors (Lipinski definition) is 8. The molecule has 0 aliphatic carbocycles. The minimum atomic E-state index is -0.532. The Balaban J connectivity index is 1.38. The summed E-state index contributed by atoms with van der Waals surface area (Å²) in [5.41, 5.74) is 3.37. The molecule has 0 saturated carbocycles. The predicted molar refractivity (Wildman–Crippen MR) is 138 cm³/mol. The minimum Gasteiger partial charge on any atom is -0.467 e. The first-order valence-electron chi connectivity index (χ1n) is 12.5. The van der Waals surface area contributed by atoms with Crippen LogP contribution < -0.4 is 5.56 Å². The number of nitrogens with one attached hydrogen (secondary N) is 1. The van der Waals surface area contributed by atoms with Crippen LogP contribution in [0.1, 0.15) is 44.9 Å². The molecule has 0 radical (unpaired) electrons. The van der Waals surface area contributed by atoms with Crippen LogP contribution >= 0.6 is 0 Å². The van der Waals surface area contributed by atoms with Gasteiger partial charge in [0.2, 0.25) is 0 Å². The number of hydrogen-bond donors (Lipinski definition) is 1. The van der Waals surface area contributed by atoms with Gasteiger partial charge in [-0.15, -0.1) is 5.10 Å². The molecule has 1 aliphatic rings. The van der Waals surface area contributed by atoms with E-state index in [2.05, 4.69) is 38.4 Å². The van der Waals surface area contributed by atoms with Gasteiger partial charge >= 0.3 is 0 Å². The van der Waals surface area contributed by atoms with Crippen LogP contribution in [0, 0.1) is 13.8 Å². The van der Waals surface area contributed by atoms with E-state index in [0.717, 1.165) is 22.0 Å². The smallest absolute Gasteiger partial charge is 0.289 e. The topological polar surface area (TPSA) is 126 Å². The summed E-state index contributed by atoms with van der Waals surface area (Å²) in [6.45, 7) is 6.39. The molecule has 1 unspecified atom stereocenters. The monoisotopic (exact) mass is 513 g/mol. The van der Waals surface area contributed by atoms with Crippen molar-refractivity contribution in [1.82, 2.24) is 35.0 Å². The third kappa shape index (κ3) is 4.41. The van der Waals surface area contributed by atoms with Crippen LogP contribution in [-0.4, -0.2) is 67.1 Å². The van der Waals surface area contributed by atoms with Crippen molar-refractivity contribution in [2.24, 2.45) is 0 Å². The maximum atomic E-state index is 13.5. The molecule has 1 amide bonds. The molecule has 11 heteroatoms. The summed E-state index contributed by atoms with van der Waals surface area (Å²) in [4.78, 5) is 33.3. The molecule has 5 heterocycles. The Morgan fingerprint density at radius 1 is 1.03 bits per heavy atom. The number of furan rings is 2. The van der Waals surface area contributed by atoms with Crippen LogP contribution in [0.15, 0.2) is 68.6 Å². The summed E-state index contributed by atoms with van der Waals surface area (Å²) in [5, 5.41) is 13.5. The van der Waals surface area contributed by atoms with E-state index in [9.17, 15) is 9.59 Å². The van der Waals surface area contributed by atoms with Crippen molar-refractivity contribution in [3.05, 3.63) is 99.4 Å². The molecule has 194 valence electrons. The molecule has 11 nitrogen and oxygen atoms in total. The van der Waals surface area contributed by atoms with Crippen molar-refractivity contribution in [2.45, 2.75) is 26.4 Å². The van der Waals surface area contributed by atoms with Crippen molar-refractivity contribution in [3.8, 4) is 0 Å². The standard InChI is InChI=1S/C27H27N7O4/c1-17-13-19-15-21(26(35)28-22(19)14-18(17)2)24(25-29-30-31-34(25)16-20-5-3-11-37-20)32-7-9-33(10-8-32)27(36)23-6-4-12-38-23/h3-6,11-15,24H,7-10,16H2,1-2H3,(H,28,35). The molecule has 4 aromatic heterocycles. The number of carbonyl (C=O) groups excluding carboxylic acids is 1. The second kappa shape index (κ2) is 9.75. The van der Waals surface area contributed by atoms with E-state index in [0.29, 0.717) is 55.6 Å². The van der Waals surface area contributed by atoms with Crippen LogP contribution in [0.2, 0.25) is 0 Å². The van der Waals surface area contributed by atoms with Gasteiger partial charge in [0.25, 0.3) is 11.5 Å². The van der Waals surface area contributed by atoms with Crippen molar-refractivity contribution in [3.63, 3.8) is 0 Å². The lowest BCUT2D eigenvalue weighted by Gasteiger charge is -2.38. The van der Waals surface area contributed by atoms with Crippen molar-refractivity contribution >= 4 is 16.8 Å². The molecule has 6 rings (SSSR count). The molecule has 38 heavy (non-hydrogen) atoms. The quantitative estimate of drug-likeness (QED) is 0.367. The van der Waals surface area contributed by atoms with E-state index >= 15 is 0 Å². The Kier molecular flexibility index (Phi) is 6.12. The van der Waals surface area contributed by atoms with Crippen LogP contribution in [0.3, 0.4) is 0 Å². The fraction of sp³-hybridized carbons (Fsp3) is 0.296. The van der Waals surface area contributed by atoms with Crippen molar-refractivity contribution < 1.29 is 13.6 Å². The highest BCUT2D eigenvalue weighted by Gasteiger charge is 2.34. The Morgan fingerprint density at radius 2 is 1.79 bits per heavy atom. The Bertz CT molecular complexity index is 1630. The summed E-state index contributed by atoms with van der Waals surface area (Å²) in [6.07, 6.45) is 3.10. The van der Waals surface area contributed by atoms with E-state index in [1.54, 1.807) is 28.0 Å². The molecular weight excluding hydrogens is 486 g/mol. The largest absolute Gasteiger partial charge is 0.467 e.